The van der Waals surface area contributed by atoms with Crippen LogP contribution < -0.4 is 10.1 Å². The number of nitrogens with one attached hydrogen (secondary N) is 1. The van der Waals surface area contributed by atoms with Gasteiger partial charge in [0.25, 0.3) is 0 Å². The van der Waals surface area contributed by atoms with Crippen molar-refractivity contribution in [1.82, 2.24) is 5.32 Å². The number of amides is 1. The molecule has 4 nitrogen and oxygen atoms in total. The van der Waals surface area contributed by atoms with Crippen molar-refractivity contribution in [2.45, 2.75) is 31.9 Å². The molecule has 0 spiro atoms. The van der Waals surface area contributed by atoms with Crippen LogP contribution in [0.3, 0.4) is 0 Å². The Labute approximate surface area is 94.2 Å². The average molecular weight is 221 g/mol. The summed E-state index contributed by atoms with van der Waals surface area (Å²) in [6.07, 6.45) is 0.679. The smallest absolute Gasteiger partial charge is 0.404 e. The predicted octanol–water partition coefficient (Wildman–Crippen LogP) is 2.17. The average Bonchev–Trinajstić information content (AvgIpc) is 2.17. The first kappa shape index (κ1) is 10.8. The Morgan fingerprint density at radius 3 is 2.56 bits per heavy atom. The van der Waals surface area contributed by atoms with Crippen molar-refractivity contribution in [2.24, 2.45) is 0 Å². The SMILES string of the molecule is Cc1ccc(O[C@H]2C[C@H](NC(=O)O)C2)cc1. The van der Waals surface area contributed by atoms with Crippen LogP contribution in [0.25, 0.3) is 0 Å². The van der Waals surface area contributed by atoms with Crippen molar-refractivity contribution in [3.63, 3.8) is 0 Å². The number of carboxylic acid groups (broad SMARTS) is 1. The van der Waals surface area contributed by atoms with Crippen LogP contribution in [0, 0.1) is 6.92 Å². The molecule has 1 aliphatic rings. The molecule has 2 N–H and O–H groups in total. The predicted molar refractivity (Wildman–Crippen MR) is 59.8 cm³/mol. The monoisotopic (exact) mass is 221 g/mol. The molecule has 0 bridgehead atoms. The minimum atomic E-state index is -0.959. The lowest BCUT2D eigenvalue weighted by molar-refractivity contribution is 0.0834. The molecule has 1 amide bonds. The normalized spacial score (nSPS) is 23.3. The first-order valence-corrected chi connectivity index (χ1v) is 5.36. The van der Waals surface area contributed by atoms with Gasteiger partial charge in [0.2, 0.25) is 0 Å². The number of aryl methyl sites for hydroxylation is 1. The third-order valence-corrected chi connectivity index (χ3v) is 2.75. The second kappa shape index (κ2) is 4.43. The zero-order chi connectivity index (χ0) is 11.5. The van der Waals surface area contributed by atoms with Crippen LogP contribution in [-0.4, -0.2) is 23.3 Å². The fourth-order valence-corrected chi connectivity index (χ4v) is 1.76. The number of benzene rings is 1. The van der Waals surface area contributed by atoms with Gasteiger partial charge in [0, 0.05) is 18.9 Å². The molecule has 1 saturated carbocycles. The molecule has 0 unspecified atom stereocenters. The van der Waals surface area contributed by atoms with E-state index in [1.807, 2.05) is 31.2 Å². The number of rotatable bonds is 3. The second-order valence-electron chi connectivity index (χ2n) is 4.17. The molecule has 86 valence electrons. The Kier molecular flexibility index (Phi) is 2.99. The lowest BCUT2D eigenvalue weighted by Crippen LogP contribution is -2.48. The largest absolute Gasteiger partial charge is 0.490 e. The van der Waals surface area contributed by atoms with E-state index in [9.17, 15) is 4.79 Å². The van der Waals surface area contributed by atoms with Gasteiger partial charge in [-0.25, -0.2) is 4.79 Å². The summed E-state index contributed by atoms with van der Waals surface area (Å²) in [5.41, 5.74) is 1.20. The standard InChI is InChI=1S/C12H15NO3/c1-8-2-4-10(5-3-8)16-11-6-9(7-11)13-12(14)15/h2-5,9,11,13H,6-7H2,1H3,(H,14,15)/t9-,11-. The molecule has 4 heteroatoms. The van der Waals surface area contributed by atoms with Gasteiger partial charge in [-0.1, -0.05) is 17.7 Å². The van der Waals surface area contributed by atoms with E-state index in [4.69, 9.17) is 9.84 Å². The fourth-order valence-electron chi connectivity index (χ4n) is 1.76. The van der Waals surface area contributed by atoms with E-state index >= 15 is 0 Å². The number of carbonyl (C=O) groups is 1. The minimum absolute atomic E-state index is 0.0490. The van der Waals surface area contributed by atoms with E-state index in [1.165, 1.54) is 5.56 Å². The Hall–Kier alpha value is -1.71. The minimum Gasteiger partial charge on any atom is -0.490 e. The third-order valence-electron chi connectivity index (χ3n) is 2.75. The van der Waals surface area contributed by atoms with Crippen molar-refractivity contribution in [3.8, 4) is 5.75 Å². The highest BCUT2D eigenvalue weighted by molar-refractivity contribution is 5.65. The van der Waals surface area contributed by atoms with Crippen molar-refractivity contribution in [3.05, 3.63) is 29.8 Å². The number of hydrogen-bond acceptors (Lipinski definition) is 2. The van der Waals surface area contributed by atoms with Crippen LogP contribution in [0.2, 0.25) is 0 Å². The molecule has 0 aliphatic heterocycles. The van der Waals surface area contributed by atoms with E-state index < -0.39 is 6.09 Å². The van der Waals surface area contributed by atoms with Crippen LogP contribution in [0.1, 0.15) is 18.4 Å². The Morgan fingerprint density at radius 2 is 2.00 bits per heavy atom. The lowest BCUT2D eigenvalue weighted by Gasteiger charge is -2.35. The van der Waals surface area contributed by atoms with Crippen LogP contribution in [-0.2, 0) is 0 Å². The summed E-state index contributed by atoms with van der Waals surface area (Å²) in [6.45, 7) is 2.03. The maximum absolute atomic E-state index is 10.4. The molecule has 0 radical (unpaired) electrons. The van der Waals surface area contributed by atoms with Gasteiger partial charge in [-0.2, -0.15) is 0 Å². The molecule has 1 aromatic carbocycles. The van der Waals surface area contributed by atoms with Crippen molar-refractivity contribution in [2.75, 3.05) is 0 Å². The molecule has 1 fully saturated rings. The molecule has 0 saturated heterocycles. The van der Waals surface area contributed by atoms with E-state index in [0.717, 1.165) is 18.6 Å². The third kappa shape index (κ3) is 2.66. The van der Waals surface area contributed by atoms with Crippen LogP contribution >= 0.6 is 0 Å². The summed E-state index contributed by atoms with van der Waals surface area (Å²) < 4.78 is 5.68. The Bertz CT molecular complexity index is 368. The van der Waals surface area contributed by atoms with Crippen molar-refractivity contribution in [1.29, 1.82) is 0 Å². The molecule has 2 rings (SSSR count). The van der Waals surface area contributed by atoms with Gasteiger partial charge in [-0.3, -0.25) is 0 Å². The highest BCUT2D eigenvalue weighted by Gasteiger charge is 2.31. The van der Waals surface area contributed by atoms with Crippen LogP contribution in [0.5, 0.6) is 5.75 Å². The molecule has 0 atom stereocenters. The molecule has 0 heterocycles. The zero-order valence-electron chi connectivity index (χ0n) is 9.14. The van der Waals surface area contributed by atoms with Crippen molar-refractivity contribution < 1.29 is 14.6 Å². The van der Waals surface area contributed by atoms with Gasteiger partial charge in [-0.15, -0.1) is 0 Å². The van der Waals surface area contributed by atoms with E-state index in [0.29, 0.717) is 0 Å². The summed E-state index contributed by atoms with van der Waals surface area (Å²) in [5.74, 6) is 0.851. The zero-order valence-corrected chi connectivity index (χ0v) is 9.14. The maximum atomic E-state index is 10.4. The Morgan fingerprint density at radius 1 is 1.38 bits per heavy atom. The van der Waals surface area contributed by atoms with Gasteiger partial charge < -0.3 is 15.2 Å². The highest BCUT2D eigenvalue weighted by atomic mass is 16.5. The summed E-state index contributed by atoms with van der Waals surface area (Å²) in [5, 5.41) is 10.9. The summed E-state index contributed by atoms with van der Waals surface area (Å²) in [7, 11) is 0. The summed E-state index contributed by atoms with van der Waals surface area (Å²) in [6, 6.07) is 7.93. The number of ether oxygens (including phenoxy) is 1. The topological polar surface area (TPSA) is 58.6 Å². The highest BCUT2D eigenvalue weighted by Crippen LogP contribution is 2.25. The molecular formula is C12H15NO3. The summed E-state index contributed by atoms with van der Waals surface area (Å²) in [4.78, 5) is 10.4. The van der Waals surface area contributed by atoms with E-state index in [2.05, 4.69) is 5.32 Å². The van der Waals surface area contributed by atoms with Gasteiger partial charge >= 0.3 is 6.09 Å². The van der Waals surface area contributed by atoms with E-state index in [1.54, 1.807) is 0 Å². The quantitative estimate of drug-likeness (QED) is 0.822. The van der Waals surface area contributed by atoms with Gasteiger partial charge in [0.1, 0.15) is 11.9 Å². The molecular weight excluding hydrogens is 206 g/mol. The fraction of sp³-hybridized carbons (Fsp3) is 0.417. The Balaban J connectivity index is 1.77. The molecule has 0 aromatic heterocycles. The first-order chi connectivity index (χ1) is 7.63. The maximum Gasteiger partial charge on any atom is 0.404 e. The lowest BCUT2D eigenvalue weighted by atomic mass is 9.89. The first-order valence-electron chi connectivity index (χ1n) is 5.36. The van der Waals surface area contributed by atoms with Gasteiger partial charge in [-0.05, 0) is 19.1 Å². The van der Waals surface area contributed by atoms with Crippen LogP contribution in [0.15, 0.2) is 24.3 Å². The number of hydrogen-bond donors (Lipinski definition) is 2. The molecule has 16 heavy (non-hydrogen) atoms. The molecule has 1 aliphatic carbocycles. The second-order valence-corrected chi connectivity index (χ2v) is 4.17. The summed E-state index contributed by atoms with van der Waals surface area (Å²) >= 11 is 0. The van der Waals surface area contributed by atoms with Gasteiger partial charge in [0.15, 0.2) is 0 Å². The van der Waals surface area contributed by atoms with Gasteiger partial charge in [0.05, 0.1) is 0 Å². The molecule has 1 aromatic rings. The van der Waals surface area contributed by atoms with Crippen molar-refractivity contribution >= 4 is 6.09 Å². The van der Waals surface area contributed by atoms with E-state index in [-0.39, 0.29) is 12.1 Å². The van der Waals surface area contributed by atoms with Crippen LogP contribution in [0.4, 0.5) is 4.79 Å².